The van der Waals surface area contributed by atoms with Crippen LogP contribution in [0.4, 0.5) is 0 Å². The molecule has 68 valence electrons. The van der Waals surface area contributed by atoms with Gasteiger partial charge in [0.15, 0.2) is 0 Å². The summed E-state index contributed by atoms with van der Waals surface area (Å²) in [4.78, 5) is 11.1. The van der Waals surface area contributed by atoms with Gasteiger partial charge in [-0.2, -0.15) is 0 Å². The van der Waals surface area contributed by atoms with Crippen LogP contribution in [0.1, 0.15) is 26.2 Å². The predicted octanol–water partition coefficient (Wildman–Crippen LogP) is 0.248. The topological polar surface area (TPSA) is 55.1 Å². The van der Waals surface area contributed by atoms with E-state index in [0.29, 0.717) is 6.04 Å². The van der Waals surface area contributed by atoms with E-state index in [4.69, 9.17) is 5.73 Å². The molecule has 2 rings (SSSR count). The lowest BCUT2D eigenvalue weighted by atomic mass is 10.2. The van der Waals surface area contributed by atoms with Crippen molar-refractivity contribution in [2.75, 3.05) is 0 Å². The van der Waals surface area contributed by atoms with Gasteiger partial charge in [0.05, 0.1) is 6.04 Å². The summed E-state index contributed by atoms with van der Waals surface area (Å²) >= 11 is 0. The average molecular weight is 168 g/mol. The van der Waals surface area contributed by atoms with Gasteiger partial charge in [0.2, 0.25) is 5.91 Å². The van der Waals surface area contributed by atoms with Gasteiger partial charge in [-0.3, -0.25) is 4.79 Å². The molecule has 0 spiro atoms. The molecule has 1 amide bonds. The van der Waals surface area contributed by atoms with Crippen molar-refractivity contribution in [3.05, 3.63) is 0 Å². The van der Waals surface area contributed by atoms with E-state index in [9.17, 15) is 4.79 Å². The van der Waals surface area contributed by atoms with Crippen LogP contribution in [0.3, 0.4) is 0 Å². The number of nitrogens with one attached hydrogen (secondary N) is 1. The summed E-state index contributed by atoms with van der Waals surface area (Å²) in [6, 6.07) is 0.0986. The molecule has 0 aromatic heterocycles. The number of rotatable bonds is 3. The summed E-state index contributed by atoms with van der Waals surface area (Å²) in [6.07, 6.45) is 3.92. The van der Waals surface area contributed by atoms with Crippen molar-refractivity contribution in [3.63, 3.8) is 0 Å². The highest BCUT2D eigenvalue weighted by Gasteiger charge is 2.48. The average Bonchev–Trinajstić information content (AvgIpc) is 2.79. The molecule has 3 atom stereocenters. The molecular weight excluding hydrogens is 152 g/mol. The molecule has 3 N–H and O–H groups in total. The van der Waals surface area contributed by atoms with E-state index in [0.717, 1.165) is 11.8 Å². The maximum absolute atomic E-state index is 11.1. The predicted molar refractivity (Wildman–Crippen MR) is 46.4 cm³/mol. The Morgan fingerprint density at radius 3 is 2.75 bits per heavy atom. The molecule has 3 heteroatoms. The second-order valence-corrected chi connectivity index (χ2v) is 4.14. The van der Waals surface area contributed by atoms with Crippen LogP contribution in [0, 0.1) is 11.8 Å². The molecule has 2 aliphatic carbocycles. The lowest BCUT2D eigenvalue weighted by Crippen LogP contribution is -2.40. The molecule has 0 aromatic rings. The van der Waals surface area contributed by atoms with Gasteiger partial charge in [-0.15, -0.1) is 0 Å². The summed E-state index contributed by atoms with van der Waals surface area (Å²) in [5.74, 6) is 1.71. The lowest BCUT2D eigenvalue weighted by molar-refractivity contribution is -0.122. The molecule has 12 heavy (non-hydrogen) atoms. The van der Waals surface area contributed by atoms with Crippen LogP contribution in [-0.2, 0) is 4.79 Å². The van der Waals surface area contributed by atoms with Crippen LogP contribution in [0.25, 0.3) is 0 Å². The maximum Gasteiger partial charge on any atom is 0.236 e. The Balaban J connectivity index is 1.71. The van der Waals surface area contributed by atoms with E-state index < -0.39 is 0 Å². The highest BCUT2D eigenvalue weighted by molar-refractivity contribution is 5.81. The van der Waals surface area contributed by atoms with Gasteiger partial charge in [0.25, 0.3) is 0 Å². The third kappa shape index (κ3) is 1.61. The van der Waals surface area contributed by atoms with Crippen LogP contribution in [-0.4, -0.2) is 18.0 Å². The van der Waals surface area contributed by atoms with Gasteiger partial charge in [0.1, 0.15) is 0 Å². The number of nitrogens with two attached hydrogens (primary N) is 1. The zero-order chi connectivity index (χ0) is 8.72. The first kappa shape index (κ1) is 8.05. The molecule has 0 aromatic carbocycles. The van der Waals surface area contributed by atoms with Crippen molar-refractivity contribution in [1.29, 1.82) is 0 Å². The molecule has 0 aliphatic heterocycles. The minimum Gasteiger partial charge on any atom is -0.352 e. The Morgan fingerprint density at radius 2 is 2.25 bits per heavy atom. The van der Waals surface area contributed by atoms with Crippen LogP contribution in [0.15, 0.2) is 0 Å². The first-order valence-corrected chi connectivity index (χ1v) is 4.74. The first-order chi connectivity index (χ1) is 5.68. The standard InChI is InChI=1S/C9H16N2O/c1-5(10)9(12)11-8-4-7(8)6-2-3-6/h5-8H,2-4,10H2,1H3,(H,11,12)/t5-,7?,8?/m1/s1. The normalized spacial score (nSPS) is 35.8. The Morgan fingerprint density at radius 1 is 1.58 bits per heavy atom. The van der Waals surface area contributed by atoms with Crippen molar-refractivity contribution in [2.24, 2.45) is 17.6 Å². The number of hydrogen-bond donors (Lipinski definition) is 2. The Bertz CT molecular complexity index is 199. The molecular formula is C9H16N2O. The smallest absolute Gasteiger partial charge is 0.236 e. The monoisotopic (exact) mass is 168 g/mol. The fourth-order valence-corrected chi connectivity index (χ4v) is 1.74. The molecule has 0 saturated heterocycles. The Kier molecular flexibility index (Phi) is 1.83. The third-order valence-electron chi connectivity index (χ3n) is 2.81. The quantitative estimate of drug-likeness (QED) is 0.634. The van der Waals surface area contributed by atoms with Crippen LogP contribution >= 0.6 is 0 Å². The van der Waals surface area contributed by atoms with Crippen molar-refractivity contribution in [3.8, 4) is 0 Å². The highest BCUT2D eigenvalue weighted by Crippen LogP contribution is 2.49. The lowest BCUT2D eigenvalue weighted by Gasteiger charge is -2.06. The fraction of sp³-hybridized carbons (Fsp3) is 0.889. The van der Waals surface area contributed by atoms with Gasteiger partial charge in [-0.05, 0) is 38.0 Å². The van der Waals surface area contributed by atoms with E-state index in [-0.39, 0.29) is 11.9 Å². The van der Waals surface area contributed by atoms with Crippen molar-refractivity contribution < 1.29 is 4.79 Å². The fourth-order valence-electron chi connectivity index (χ4n) is 1.74. The largest absolute Gasteiger partial charge is 0.352 e. The summed E-state index contributed by atoms with van der Waals surface area (Å²) < 4.78 is 0. The third-order valence-corrected chi connectivity index (χ3v) is 2.81. The van der Waals surface area contributed by atoms with E-state index in [1.807, 2.05) is 0 Å². The van der Waals surface area contributed by atoms with E-state index >= 15 is 0 Å². The zero-order valence-electron chi connectivity index (χ0n) is 7.42. The molecule has 0 radical (unpaired) electrons. The van der Waals surface area contributed by atoms with Gasteiger partial charge < -0.3 is 11.1 Å². The minimum atomic E-state index is -0.356. The molecule has 2 unspecified atom stereocenters. The number of amides is 1. The van der Waals surface area contributed by atoms with Gasteiger partial charge in [-0.25, -0.2) is 0 Å². The molecule has 2 aliphatic rings. The van der Waals surface area contributed by atoms with E-state index in [2.05, 4.69) is 5.32 Å². The second kappa shape index (κ2) is 2.73. The van der Waals surface area contributed by atoms with Crippen molar-refractivity contribution >= 4 is 5.91 Å². The van der Waals surface area contributed by atoms with Gasteiger partial charge >= 0.3 is 0 Å². The molecule has 0 bridgehead atoms. The minimum absolute atomic E-state index is 0.00292. The second-order valence-electron chi connectivity index (χ2n) is 4.14. The Hall–Kier alpha value is -0.570. The van der Waals surface area contributed by atoms with Gasteiger partial charge in [-0.1, -0.05) is 0 Å². The van der Waals surface area contributed by atoms with Crippen LogP contribution < -0.4 is 11.1 Å². The Labute approximate surface area is 72.7 Å². The maximum atomic E-state index is 11.1. The molecule has 2 saturated carbocycles. The summed E-state index contributed by atoms with van der Waals surface area (Å²) in [5, 5.41) is 2.96. The SMILES string of the molecule is C[C@@H](N)C(=O)NC1CC1C1CC1. The summed E-state index contributed by atoms with van der Waals surface area (Å²) in [5.41, 5.74) is 5.44. The van der Waals surface area contributed by atoms with E-state index in [1.165, 1.54) is 19.3 Å². The summed E-state index contributed by atoms with van der Waals surface area (Å²) in [7, 11) is 0. The van der Waals surface area contributed by atoms with Crippen LogP contribution in [0.5, 0.6) is 0 Å². The number of carbonyl (C=O) groups excluding carboxylic acids is 1. The van der Waals surface area contributed by atoms with Gasteiger partial charge in [0, 0.05) is 6.04 Å². The first-order valence-electron chi connectivity index (χ1n) is 4.74. The van der Waals surface area contributed by atoms with E-state index in [1.54, 1.807) is 6.92 Å². The summed E-state index contributed by atoms with van der Waals surface area (Å²) in [6.45, 7) is 1.73. The molecule has 0 heterocycles. The molecule has 3 nitrogen and oxygen atoms in total. The number of carbonyl (C=O) groups is 1. The van der Waals surface area contributed by atoms with Crippen molar-refractivity contribution in [1.82, 2.24) is 5.32 Å². The highest BCUT2D eigenvalue weighted by atomic mass is 16.2. The zero-order valence-corrected chi connectivity index (χ0v) is 7.42. The van der Waals surface area contributed by atoms with Crippen LogP contribution in [0.2, 0.25) is 0 Å². The van der Waals surface area contributed by atoms with Crippen molar-refractivity contribution in [2.45, 2.75) is 38.3 Å². The number of hydrogen-bond acceptors (Lipinski definition) is 2. The molecule has 2 fully saturated rings.